The van der Waals surface area contributed by atoms with Gasteiger partial charge in [-0.15, -0.1) is 0 Å². The standard InChI is InChI=1S/C11H16FNO2/c1-2-14-8-15-11-4-3-10(12)7-9(11)5-6-13/h3-4,7H,2,5-6,8,13H2,1H3. The SMILES string of the molecule is CCOCOc1ccc(F)cc1CCN. The van der Waals surface area contributed by atoms with Crippen molar-refractivity contribution in [1.29, 1.82) is 0 Å². The highest BCUT2D eigenvalue weighted by Gasteiger charge is 2.04. The zero-order valence-corrected chi connectivity index (χ0v) is 8.83. The van der Waals surface area contributed by atoms with Crippen LogP contribution in [0.1, 0.15) is 12.5 Å². The molecule has 4 heteroatoms. The van der Waals surface area contributed by atoms with Crippen LogP contribution in [-0.4, -0.2) is 19.9 Å². The van der Waals surface area contributed by atoms with Gasteiger partial charge in [0.15, 0.2) is 6.79 Å². The second-order valence-electron chi connectivity index (χ2n) is 3.05. The molecule has 1 aromatic rings. The molecule has 0 atom stereocenters. The molecule has 0 unspecified atom stereocenters. The van der Waals surface area contributed by atoms with Gasteiger partial charge in [-0.1, -0.05) is 0 Å². The highest BCUT2D eigenvalue weighted by Crippen LogP contribution is 2.19. The number of hydrogen-bond acceptors (Lipinski definition) is 3. The minimum Gasteiger partial charge on any atom is -0.467 e. The zero-order valence-electron chi connectivity index (χ0n) is 8.83. The number of hydrogen-bond donors (Lipinski definition) is 1. The number of ether oxygens (including phenoxy) is 2. The van der Waals surface area contributed by atoms with E-state index in [2.05, 4.69) is 0 Å². The third-order valence-electron chi connectivity index (χ3n) is 1.94. The molecule has 0 aliphatic carbocycles. The van der Waals surface area contributed by atoms with Crippen molar-refractivity contribution in [2.45, 2.75) is 13.3 Å². The summed E-state index contributed by atoms with van der Waals surface area (Å²) in [5, 5.41) is 0. The molecule has 0 saturated carbocycles. The Balaban J connectivity index is 2.67. The summed E-state index contributed by atoms with van der Waals surface area (Å²) in [6, 6.07) is 4.40. The molecule has 2 N–H and O–H groups in total. The third kappa shape index (κ3) is 3.85. The van der Waals surface area contributed by atoms with Crippen molar-refractivity contribution in [1.82, 2.24) is 0 Å². The topological polar surface area (TPSA) is 44.5 Å². The molecule has 0 fully saturated rings. The minimum atomic E-state index is -0.276. The molecular weight excluding hydrogens is 197 g/mol. The van der Waals surface area contributed by atoms with Crippen LogP contribution in [0, 0.1) is 5.82 Å². The van der Waals surface area contributed by atoms with E-state index in [1.165, 1.54) is 12.1 Å². The van der Waals surface area contributed by atoms with Gasteiger partial charge in [-0.2, -0.15) is 0 Å². The summed E-state index contributed by atoms with van der Waals surface area (Å²) in [7, 11) is 0. The lowest BCUT2D eigenvalue weighted by molar-refractivity contribution is 0.0218. The van der Waals surface area contributed by atoms with E-state index >= 15 is 0 Å². The summed E-state index contributed by atoms with van der Waals surface area (Å²) in [6.45, 7) is 3.12. The average Bonchev–Trinajstić information content (AvgIpc) is 2.22. The number of rotatable bonds is 6. The van der Waals surface area contributed by atoms with Crippen LogP contribution < -0.4 is 10.5 Å². The fourth-order valence-electron chi connectivity index (χ4n) is 1.23. The molecule has 0 aliphatic heterocycles. The van der Waals surface area contributed by atoms with Crippen LogP contribution in [0.15, 0.2) is 18.2 Å². The van der Waals surface area contributed by atoms with Gasteiger partial charge < -0.3 is 15.2 Å². The van der Waals surface area contributed by atoms with E-state index in [9.17, 15) is 4.39 Å². The van der Waals surface area contributed by atoms with Crippen molar-refractivity contribution >= 4 is 0 Å². The molecule has 0 spiro atoms. The predicted molar refractivity (Wildman–Crippen MR) is 56.3 cm³/mol. The van der Waals surface area contributed by atoms with Gasteiger partial charge in [-0.25, -0.2) is 4.39 Å². The highest BCUT2D eigenvalue weighted by molar-refractivity contribution is 5.34. The lowest BCUT2D eigenvalue weighted by atomic mass is 10.1. The third-order valence-corrected chi connectivity index (χ3v) is 1.94. The van der Waals surface area contributed by atoms with Crippen molar-refractivity contribution < 1.29 is 13.9 Å². The number of halogens is 1. The maximum absolute atomic E-state index is 12.9. The normalized spacial score (nSPS) is 10.3. The van der Waals surface area contributed by atoms with Crippen molar-refractivity contribution in [2.24, 2.45) is 5.73 Å². The van der Waals surface area contributed by atoms with Gasteiger partial charge in [-0.3, -0.25) is 0 Å². The maximum Gasteiger partial charge on any atom is 0.189 e. The smallest absolute Gasteiger partial charge is 0.189 e. The van der Waals surface area contributed by atoms with E-state index in [1.807, 2.05) is 6.92 Å². The summed E-state index contributed by atoms with van der Waals surface area (Å²) >= 11 is 0. The van der Waals surface area contributed by atoms with Crippen LogP contribution in [0.4, 0.5) is 4.39 Å². The Labute approximate surface area is 89.0 Å². The zero-order chi connectivity index (χ0) is 11.1. The molecule has 0 saturated heterocycles. The molecule has 0 radical (unpaired) electrons. The van der Waals surface area contributed by atoms with E-state index in [0.717, 1.165) is 5.56 Å². The second-order valence-corrected chi connectivity index (χ2v) is 3.05. The predicted octanol–water partition coefficient (Wildman–Crippen LogP) is 1.70. The Hall–Kier alpha value is -1.13. The molecule has 0 bridgehead atoms. The Kier molecular flexibility index (Phi) is 5.07. The van der Waals surface area contributed by atoms with Crippen molar-refractivity contribution in [2.75, 3.05) is 19.9 Å². The summed E-state index contributed by atoms with van der Waals surface area (Å²) < 4.78 is 23.3. The largest absolute Gasteiger partial charge is 0.467 e. The van der Waals surface area contributed by atoms with E-state index < -0.39 is 0 Å². The summed E-state index contributed by atoms with van der Waals surface area (Å²) in [4.78, 5) is 0. The first kappa shape index (κ1) is 11.9. The summed E-state index contributed by atoms with van der Waals surface area (Å²) in [5.74, 6) is 0.359. The van der Waals surface area contributed by atoms with Gasteiger partial charge in [0.2, 0.25) is 0 Å². The van der Waals surface area contributed by atoms with E-state index in [4.69, 9.17) is 15.2 Å². The van der Waals surface area contributed by atoms with Crippen molar-refractivity contribution in [3.63, 3.8) is 0 Å². The van der Waals surface area contributed by atoms with Gasteiger partial charge in [0.25, 0.3) is 0 Å². The average molecular weight is 213 g/mol. The van der Waals surface area contributed by atoms with E-state index in [-0.39, 0.29) is 12.6 Å². The maximum atomic E-state index is 12.9. The van der Waals surface area contributed by atoms with Crippen LogP contribution in [0.25, 0.3) is 0 Å². The first-order chi connectivity index (χ1) is 7.27. The first-order valence-corrected chi connectivity index (χ1v) is 4.97. The van der Waals surface area contributed by atoms with Crippen LogP contribution in [0.3, 0.4) is 0 Å². The summed E-state index contributed by atoms with van der Waals surface area (Å²) in [6.07, 6.45) is 0.596. The van der Waals surface area contributed by atoms with Crippen LogP contribution >= 0.6 is 0 Å². The monoisotopic (exact) mass is 213 g/mol. The van der Waals surface area contributed by atoms with E-state index in [1.54, 1.807) is 6.07 Å². The molecule has 1 rings (SSSR count). The van der Waals surface area contributed by atoms with Gasteiger partial charge in [0.05, 0.1) is 0 Å². The van der Waals surface area contributed by atoms with Gasteiger partial charge in [-0.05, 0) is 43.7 Å². The molecule has 3 nitrogen and oxygen atoms in total. The van der Waals surface area contributed by atoms with Crippen LogP contribution in [-0.2, 0) is 11.2 Å². The van der Waals surface area contributed by atoms with E-state index in [0.29, 0.717) is 25.3 Å². The van der Waals surface area contributed by atoms with Crippen molar-refractivity contribution in [3.05, 3.63) is 29.6 Å². The van der Waals surface area contributed by atoms with Crippen LogP contribution in [0.2, 0.25) is 0 Å². The molecule has 0 aromatic heterocycles. The fourth-order valence-corrected chi connectivity index (χ4v) is 1.23. The molecule has 1 aromatic carbocycles. The second kappa shape index (κ2) is 6.37. The Morgan fingerprint density at radius 3 is 2.87 bits per heavy atom. The fraction of sp³-hybridized carbons (Fsp3) is 0.455. The lowest BCUT2D eigenvalue weighted by Crippen LogP contribution is -2.08. The van der Waals surface area contributed by atoms with Gasteiger partial charge in [0.1, 0.15) is 11.6 Å². The van der Waals surface area contributed by atoms with Crippen LogP contribution in [0.5, 0.6) is 5.75 Å². The molecular formula is C11H16FNO2. The molecule has 84 valence electrons. The summed E-state index contributed by atoms with van der Waals surface area (Å²) in [5.41, 5.74) is 6.20. The Morgan fingerprint density at radius 2 is 2.20 bits per heavy atom. The Bertz CT molecular complexity index is 305. The number of nitrogens with two attached hydrogens (primary N) is 1. The quantitative estimate of drug-likeness (QED) is 0.578. The molecule has 0 amide bonds. The van der Waals surface area contributed by atoms with Gasteiger partial charge >= 0.3 is 0 Å². The lowest BCUT2D eigenvalue weighted by Gasteiger charge is -2.10. The van der Waals surface area contributed by atoms with Crippen molar-refractivity contribution in [3.8, 4) is 5.75 Å². The first-order valence-electron chi connectivity index (χ1n) is 4.97. The van der Waals surface area contributed by atoms with Gasteiger partial charge in [0, 0.05) is 6.61 Å². The molecule has 0 heterocycles. The molecule has 15 heavy (non-hydrogen) atoms. The molecule has 0 aliphatic rings. The highest BCUT2D eigenvalue weighted by atomic mass is 19.1. The Morgan fingerprint density at radius 1 is 1.40 bits per heavy atom. The number of benzene rings is 1. The minimum absolute atomic E-state index is 0.180.